The van der Waals surface area contributed by atoms with Crippen molar-refractivity contribution in [1.29, 1.82) is 0 Å². The van der Waals surface area contributed by atoms with Crippen LogP contribution in [-0.4, -0.2) is 33.5 Å². The van der Waals surface area contributed by atoms with Crippen LogP contribution in [0.15, 0.2) is 0 Å². The third-order valence-corrected chi connectivity index (χ3v) is 5.33. The van der Waals surface area contributed by atoms with Crippen LogP contribution in [0.5, 0.6) is 0 Å². The zero-order valence-electron chi connectivity index (χ0n) is 12.3. The fraction of sp³-hybridized carbons (Fsp3) is 0.857. The Balaban J connectivity index is 2.37. The second-order valence-corrected chi connectivity index (χ2v) is 7.58. The molecule has 0 aromatic heterocycles. The van der Waals surface area contributed by atoms with Crippen molar-refractivity contribution in [3.05, 3.63) is 0 Å². The highest BCUT2D eigenvalue weighted by molar-refractivity contribution is 8.00. The molecule has 0 aliphatic heterocycles. The minimum Gasteiger partial charge on any atom is -0.481 e. The summed E-state index contributed by atoms with van der Waals surface area (Å²) in [5.74, 6) is 0.0748. The van der Waals surface area contributed by atoms with Crippen molar-refractivity contribution in [2.75, 3.05) is 5.75 Å². The number of hydrogen-bond donors (Lipinski definition) is 2. The summed E-state index contributed by atoms with van der Waals surface area (Å²) < 4.78 is 0. The number of rotatable bonds is 8. The predicted octanol–water partition coefficient (Wildman–Crippen LogP) is 2.67. The van der Waals surface area contributed by atoms with Crippen molar-refractivity contribution in [2.45, 2.75) is 64.2 Å². The Bertz CT molecular complexity index is 351. The second-order valence-electron chi connectivity index (χ2n) is 6.25. The molecule has 110 valence electrons. The highest BCUT2D eigenvalue weighted by Crippen LogP contribution is 2.51. The van der Waals surface area contributed by atoms with Gasteiger partial charge in [-0.05, 0) is 45.4 Å². The molecule has 0 radical (unpaired) electrons. The number of aliphatic carboxylic acids is 1. The first-order valence-electron chi connectivity index (χ1n) is 6.85. The molecule has 4 nitrogen and oxygen atoms in total. The first-order chi connectivity index (χ1) is 8.70. The fourth-order valence-corrected chi connectivity index (χ4v) is 2.98. The van der Waals surface area contributed by atoms with Crippen molar-refractivity contribution < 1.29 is 14.7 Å². The van der Waals surface area contributed by atoms with Crippen LogP contribution in [0.25, 0.3) is 0 Å². The standard InChI is InChI=1S/C14H25NO3S/c1-5-13(3,4)15-12(18)10(2)19-9-14(6-7-14)8-11(16)17/h10H,5-9H2,1-4H3,(H,15,18)(H,16,17). The van der Waals surface area contributed by atoms with Gasteiger partial charge in [-0.15, -0.1) is 11.8 Å². The maximum atomic E-state index is 12.0. The average molecular weight is 287 g/mol. The maximum Gasteiger partial charge on any atom is 0.303 e. The minimum absolute atomic E-state index is 0.0444. The van der Waals surface area contributed by atoms with E-state index in [1.807, 2.05) is 27.7 Å². The number of hydrogen-bond acceptors (Lipinski definition) is 3. The molecule has 0 heterocycles. The Kier molecular flexibility index (Phi) is 5.30. The Morgan fingerprint density at radius 2 is 2.00 bits per heavy atom. The molecular formula is C14H25NO3S. The molecule has 1 atom stereocenters. The number of thioether (sulfide) groups is 1. The SMILES string of the molecule is CCC(C)(C)NC(=O)C(C)SCC1(CC(=O)O)CC1. The highest BCUT2D eigenvalue weighted by Gasteiger charge is 2.44. The van der Waals surface area contributed by atoms with Gasteiger partial charge in [0.1, 0.15) is 0 Å². The van der Waals surface area contributed by atoms with Gasteiger partial charge in [0.15, 0.2) is 0 Å². The predicted molar refractivity (Wildman–Crippen MR) is 78.4 cm³/mol. The van der Waals surface area contributed by atoms with E-state index in [1.54, 1.807) is 11.8 Å². The Hall–Kier alpha value is -0.710. The Morgan fingerprint density at radius 1 is 1.42 bits per heavy atom. The van der Waals surface area contributed by atoms with Crippen LogP contribution in [0.3, 0.4) is 0 Å². The van der Waals surface area contributed by atoms with Crippen LogP contribution < -0.4 is 5.32 Å². The van der Waals surface area contributed by atoms with Crippen LogP contribution in [0.2, 0.25) is 0 Å². The number of amides is 1. The van der Waals surface area contributed by atoms with Crippen LogP contribution in [-0.2, 0) is 9.59 Å². The van der Waals surface area contributed by atoms with E-state index in [-0.39, 0.29) is 28.5 Å². The molecule has 0 aromatic rings. The molecule has 1 amide bonds. The highest BCUT2D eigenvalue weighted by atomic mass is 32.2. The molecule has 1 fully saturated rings. The van der Waals surface area contributed by atoms with E-state index >= 15 is 0 Å². The summed E-state index contributed by atoms with van der Waals surface area (Å²) in [6.07, 6.45) is 3.07. The first-order valence-corrected chi connectivity index (χ1v) is 7.90. The molecule has 2 N–H and O–H groups in total. The molecule has 0 bridgehead atoms. The lowest BCUT2D eigenvalue weighted by Crippen LogP contribution is -2.46. The van der Waals surface area contributed by atoms with Gasteiger partial charge in [-0.2, -0.15) is 0 Å². The van der Waals surface area contributed by atoms with Crippen molar-refractivity contribution in [2.24, 2.45) is 5.41 Å². The third kappa shape index (κ3) is 5.43. The topological polar surface area (TPSA) is 66.4 Å². The summed E-state index contributed by atoms with van der Waals surface area (Å²) in [5.41, 5.74) is -0.227. The molecule has 0 spiro atoms. The van der Waals surface area contributed by atoms with Crippen LogP contribution >= 0.6 is 11.8 Å². The molecule has 0 saturated heterocycles. The normalized spacial score (nSPS) is 18.7. The number of carboxylic acid groups (broad SMARTS) is 1. The second kappa shape index (κ2) is 6.16. The van der Waals surface area contributed by atoms with E-state index in [0.717, 1.165) is 25.0 Å². The van der Waals surface area contributed by atoms with E-state index in [9.17, 15) is 9.59 Å². The lowest BCUT2D eigenvalue weighted by atomic mass is 10.0. The summed E-state index contributed by atoms with van der Waals surface area (Å²) in [7, 11) is 0. The lowest BCUT2D eigenvalue weighted by molar-refractivity contribution is -0.138. The number of carbonyl (C=O) groups excluding carboxylic acids is 1. The fourth-order valence-electron chi connectivity index (χ4n) is 1.77. The molecule has 1 saturated carbocycles. The summed E-state index contributed by atoms with van der Waals surface area (Å²) in [5, 5.41) is 11.8. The van der Waals surface area contributed by atoms with Crippen molar-refractivity contribution >= 4 is 23.6 Å². The van der Waals surface area contributed by atoms with Crippen molar-refractivity contribution in [3.8, 4) is 0 Å². The molecule has 1 rings (SSSR count). The van der Waals surface area contributed by atoms with Gasteiger partial charge >= 0.3 is 5.97 Å². The van der Waals surface area contributed by atoms with Crippen molar-refractivity contribution in [1.82, 2.24) is 5.32 Å². The molecule has 19 heavy (non-hydrogen) atoms. The van der Waals surface area contributed by atoms with Gasteiger partial charge in [-0.1, -0.05) is 6.92 Å². The Labute approximate surface area is 119 Å². The van der Waals surface area contributed by atoms with Gasteiger partial charge in [0.2, 0.25) is 5.91 Å². The zero-order valence-corrected chi connectivity index (χ0v) is 13.1. The summed E-state index contributed by atoms with van der Waals surface area (Å²) in [6.45, 7) is 7.96. The molecular weight excluding hydrogens is 262 g/mol. The maximum absolute atomic E-state index is 12.0. The van der Waals surface area contributed by atoms with E-state index in [1.165, 1.54) is 0 Å². The van der Waals surface area contributed by atoms with E-state index in [0.29, 0.717) is 0 Å². The summed E-state index contributed by atoms with van der Waals surface area (Å²) in [4.78, 5) is 22.8. The minimum atomic E-state index is -0.734. The largest absolute Gasteiger partial charge is 0.481 e. The first kappa shape index (κ1) is 16.3. The quantitative estimate of drug-likeness (QED) is 0.720. The monoisotopic (exact) mass is 287 g/mol. The van der Waals surface area contributed by atoms with Gasteiger partial charge in [0.05, 0.1) is 11.7 Å². The average Bonchev–Trinajstić information content (AvgIpc) is 3.04. The number of carbonyl (C=O) groups is 2. The smallest absolute Gasteiger partial charge is 0.303 e. The summed E-state index contributed by atoms with van der Waals surface area (Å²) in [6, 6.07) is 0. The lowest BCUT2D eigenvalue weighted by Gasteiger charge is -2.26. The molecule has 1 aliphatic rings. The summed E-state index contributed by atoms with van der Waals surface area (Å²) >= 11 is 1.57. The van der Waals surface area contributed by atoms with Gasteiger partial charge in [0.25, 0.3) is 0 Å². The van der Waals surface area contributed by atoms with Gasteiger partial charge in [0, 0.05) is 11.3 Å². The molecule has 1 aliphatic carbocycles. The number of nitrogens with one attached hydrogen (secondary N) is 1. The van der Waals surface area contributed by atoms with Gasteiger partial charge in [-0.25, -0.2) is 0 Å². The van der Waals surface area contributed by atoms with E-state index in [2.05, 4.69) is 5.32 Å². The Morgan fingerprint density at radius 3 is 2.42 bits per heavy atom. The zero-order chi connectivity index (χ0) is 14.7. The van der Waals surface area contributed by atoms with Crippen LogP contribution in [0.1, 0.15) is 53.4 Å². The number of carboxylic acids is 1. The van der Waals surface area contributed by atoms with Crippen molar-refractivity contribution in [3.63, 3.8) is 0 Å². The molecule has 5 heteroatoms. The molecule has 1 unspecified atom stereocenters. The van der Waals surface area contributed by atoms with Crippen LogP contribution in [0, 0.1) is 5.41 Å². The van der Waals surface area contributed by atoms with Gasteiger partial charge < -0.3 is 10.4 Å². The third-order valence-electron chi connectivity index (χ3n) is 3.84. The van der Waals surface area contributed by atoms with E-state index < -0.39 is 5.97 Å². The van der Waals surface area contributed by atoms with Crippen LogP contribution in [0.4, 0.5) is 0 Å². The van der Waals surface area contributed by atoms with Gasteiger partial charge in [-0.3, -0.25) is 9.59 Å². The van der Waals surface area contributed by atoms with E-state index in [4.69, 9.17) is 5.11 Å². The molecule has 0 aromatic carbocycles.